The molecule has 3 N–H and O–H groups in total. The van der Waals surface area contributed by atoms with Crippen LogP contribution in [-0.2, 0) is 0 Å². The molecule has 2 unspecified atom stereocenters. The fraction of sp³-hybridized carbons (Fsp3) is 0.500. The number of nitrogens with two attached hydrogens (primary N) is 1. The topological polar surface area (TPSA) is 38.0 Å². The second-order valence-corrected chi connectivity index (χ2v) is 4.26. The molecule has 1 saturated heterocycles. The van der Waals surface area contributed by atoms with Gasteiger partial charge in [0, 0.05) is 6.07 Å². The molecule has 2 atom stereocenters. The van der Waals surface area contributed by atoms with Gasteiger partial charge in [0.25, 0.3) is 0 Å². The summed E-state index contributed by atoms with van der Waals surface area (Å²) in [6, 6.07) is 3.81. The molecule has 0 radical (unpaired) electrons. The van der Waals surface area contributed by atoms with Crippen LogP contribution in [-0.4, -0.2) is 19.6 Å². The van der Waals surface area contributed by atoms with Gasteiger partial charge in [-0.05, 0) is 49.5 Å². The van der Waals surface area contributed by atoms with Crippen molar-refractivity contribution < 1.29 is 8.78 Å². The number of hydrogen-bond acceptors (Lipinski definition) is 2. The highest BCUT2D eigenvalue weighted by molar-refractivity contribution is 5.24. The number of hydrogen-bond donors (Lipinski definition) is 2. The van der Waals surface area contributed by atoms with Crippen LogP contribution in [0.3, 0.4) is 0 Å². The molecular weight excluding hydrogens is 210 g/mol. The van der Waals surface area contributed by atoms with Crippen molar-refractivity contribution in [2.75, 3.05) is 19.6 Å². The lowest BCUT2D eigenvalue weighted by molar-refractivity contribution is 0.325. The van der Waals surface area contributed by atoms with Crippen molar-refractivity contribution in [1.82, 2.24) is 5.32 Å². The van der Waals surface area contributed by atoms with Crippen LogP contribution in [0.1, 0.15) is 17.9 Å². The van der Waals surface area contributed by atoms with Crippen LogP contribution in [0.4, 0.5) is 8.78 Å². The molecule has 16 heavy (non-hydrogen) atoms. The molecule has 2 rings (SSSR count). The minimum absolute atomic E-state index is 0.104. The van der Waals surface area contributed by atoms with E-state index in [4.69, 9.17) is 5.73 Å². The SMILES string of the molecule is NCC1CNCCC1c1ccc(F)cc1F. The largest absolute Gasteiger partial charge is 0.330 e. The van der Waals surface area contributed by atoms with Crippen molar-refractivity contribution in [2.24, 2.45) is 11.7 Å². The van der Waals surface area contributed by atoms with E-state index in [-0.39, 0.29) is 11.8 Å². The number of benzene rings is 1. The number of halogens is 2. The highest BCUT2D eigenvalue weighted by Crippen LogP contribution is 2.31. The summed E-state index contributed by atoms with van der Waals surface area (Å²) >= 11 is 0. The Morgan fingerprint density at radius 3 is 2.88 bits per heavy atom. The van der Waals surface area contributed by atoms with E-state index in [1.807, 2.05) is 0 Å². The highest BCUT2D eigenvalue weighted by atomic mass is 19.1. The van der Waals surface area contributed by atoms with Gasteiger partial charge in [0.2, 0.25) is 0 Å². The smallest absolute Gasteiger partial charge is 0.129 e. The Balaban J connectivity index is 2.27. The molecule has 1 fully saturated rings. The van der Waals surface area contributed by atoms with E-state index in [1.54, 1.807) is 6.07 Å². The van der Waals surface area contributed by atoms with Crippen LogP contribution < -0.4 is 11.1 Å². The Hall–Kier alpha value is -1.00. The van der Waals surface area contributed by atoms with E-state index in [1.165, 1.54) is 6.07 Å². The quantitative estimate of drug-likeness (QED) is 0.804. The molecule has 1 aliphatic heterocycles. The molecule has 88 valence electrons. The van der Waals surface area contributed by atoms with Gasteiger partial charge >= 0.3 is 0 Å². The first kappa shape index (κ1) is 11.5. The van der Waals surface area contributed by atoms with Crippen LogP contribution >= 0.6 is 0 Å². The molecule has 1 aromatic carbocycles. The normalized spacial score (nSPS) is 25.7. The van der Waals surface area contributed by atoms with Crippen LogP contribution in [0.25, 0.3) is 0 Å². The van der Waals surface area contributed by atoms with Gasteiger partial charge in [-0.25, -0.2) is 8.78 Å². The summed E-state index contributed by atoms with van der Waals surface area (Å²) in [7, 11) is 0. The van der Waals surface area contributed by atoms with E-state index in [2.05, 4.69) is 5.32 Å². The molecule has 0 saturated carbocycles. The first-order valence-electron chi connectivity index (χ1n) is 5.58. The molecule has 0 amide bonds. The Labute approximate surface area is 93.8 Å². The average Bonchev–Trinajstić information content (AvgIpc) is 2.29. The van der Waals surface area contributed by atoms with Gasteiger partial charge in [0.15, 0.2) is 0 Å². The molecular formula is C12H16F2N2. The second kappa shape index (κ2) is 4.89. The molecule has 1 heterocycles. The van der Waals surface area contributed by atoms with Gasteiger partial charge in [0.1, 0.15) is 11.6 Å². The summed E-state index contributed by atoms with van der Waals surface area (Å²) in [5.74, 6) is -0.648. The lowest BCUT2D eigenvalue weighted by atomic mass is 9.81. The van der Waals surface area contributed by atoms with Gasteiger partial charge in [-0.2, -0.15) is 0 Å². The Bertz CT molecular complexity index is 368. The third-order valence-corrected chi connectivity index (χ3v) is 3.27. The molecule has 1 aromatic rings. The lowest BCUT2D eigenvalue weighted by Gasteiger charge is -2.31. The van der Waals surface area contributed by atoms with Crippen LogP contribution in [0.2, 0.25) is 0 Å². The maximum Gasteiger partial charge on any atom is 0.129 e. The predicted molar refractivity (Wildman–Crippen MR) is 59.1 cm³/mol. The molecule has 0 spiro atoms. The number of piperidine rings is 1. The van der Waals surface area contributed by atoms with Gasteiger partial charge in [-0.3, -0.25) is 0 Å². The van der Waals surface area contributed by atoms with Gasteiger partial charge < -0.3 is 11.1 Å². The summed E-state index contributed by atoms with van der Waals surface area (Å²) in [4.78, 5) is 0. The Morgan fingerprint density at radius 2 is 2.19 bits per heavy atom. The first-order valence-corrected chi connectivity index (χ1v) is 5.58. The highest BCUT2D eigenvalue weighted by Gasteiger charge is 2.27. The molecule has 1 aliphatic rings. The fourth-order valence-electron chi connectivity index (χ4n) is 2.38. The summed E-state index contributed by atoms with van der Waals surface area (Å²) in [5.41, 5.74) is 6.27. The lowest BCUT2D eigenvalue weighted by Crippen LogP contribution is -2.39. The Morgan fingerprint density at radius 1 is 1.38 bits per heavy atom. The first-order chi connectivity index (χ1) is 7.72. The van der Waals surface area contributed by atoms with E-state index in [9.17, 15) is 8.78 Å². The average molecular weight is 226 g/mol. The van der Waals surface area contributed by atoms with Crippen molar-refractivity contribution in [3.8, 4) is 0 Å². The number of nitrogens with one attached hydrogen (secondary N) is 1. The zero-order chi connectivity index (χ0) is 11.5. The van der Waals surface area contributed by atoms with Crippen LogP contribution in [0.5, 0.6) is 0 Å². The van der Waals surface area contributed by atoms with Crippen LogP contribution in [0, 0.1) is 17.6 Å². The number of rotatable bonds is 2. The fourth-order valence-corrected chi connectivity index (χ4v) is 2.38. The minimum atomic E-state index is -0.528. The van der Waals surface area contributed by atoms with E-state index >= 15 is 0 Å². The maximum atomic E-state index is 13.6. The van der Waals surface area contributed by atoms with Gasteiger partial charge in [0.05, 0.1) is 0 Å². The molecule has 0 aliphatic carbocycles. The van der Waals surface area contributed by atoms with E-state index in [0.717, 1.165) is 25.6 Å². The van der Waals surface area contributed by atoms with Crippen molar-refractivity contribution in [2.45, 2.75) is 12.3 Å². The molecule has 0 aromatic heterocycles. The summed E-state index contributed by atoms with van der Waals surface area (Å²) in [6.07, 6.45) is 0.852. The molecule has 0 bridgehead atoms. The van der Waals surface area contributed by atoms with Gasteiger partial charge in [-0.1, -0.05) is 6.07 Å². The van der Waals surface area contributed by atoms with Crippen molar-refractivity contribution in [3.05, 3.63) is 35.4 Å². The van der Waals surface area contributed by atoms with Crippen molar-refractivity contribution in [3.63, 3.8) is 0 Å². The standard InChI is InChI=1S/C12H16F2N2/c13-9-1-2-11(12(14)5-9)10-3-4-16-7-8(10)6-15/h1-2,5,8,10,16H,3-4,6-7,15H2. The third-order valence-electron chi connectivity index (χ3n) is 3.27. The summed E-state index contributed by atoms with van der Waals surface area (Å²) < 4.78 is 26.5. The predicted octanol–water partition coefficient (Wildman–Crippen LogP) is 1.62. The van der Waals surface area contributed by atoms with Gasteiger partial charge in [-0.15, -0.1) is 0 Å². The minimum Gasteiger partial charge on any atom is -0.330 e. The molecule has 2 nitrogen and oxygen atoms in total. The molecule has 4 heteroatoms. The van der Waals surface area contributed by atoms with Crippen molar-refractivity contribution >= 4 is 0 Å². The second-order valence-electron chi connectivity index (χ2n) is 4.26. The monoisotopic (exact) mass is 226 g/mol. The summed E-state index contributed by atoms with van der Waals surface area (Å²) in [5, 5.41) is 3.24. The summed E-state index contributed by atoms with van der Waals surface area (Å²) in [6.45, 7) is 2.18. The van der Waals surface area contributed by atoms with E-state index in [0.29, 0.717) is 12.1 Å². The zero-order valence-electron chi connectivity index (χ0n) is 9.05. The van der Waals surface area contributed by atoms with E-state index < -0.39 is 11.6 Å². The zero-order valence-corrected chi connectivity index (χ0v) is 9.05. The van der Waals surface area contributed by atoms with Crippen LogP contribution in [0.15, 0.2) is 18.2 Å². The van der Waals surface area contributed by atoms with Crippen molar-refractivity contribution in [1.29, 1.82) is 0 Å². The third kappa shape index (κ3) is 2.23. The Kier molecular flexibility index (Phi) is 3.51. The maximum absolute atomic E-state index is 13.6.